The highest BCUT2D eigenvalue weighted by atomic mass is 32.1. The average Bonchev–Trinajstić information content (AvgIpc) is 3.14. The SMILES string of the molecule is Cc1ccc(-c2nc(C)c(CC(=O)NC3CC3)s2)cc1. The Kier molecular flexibility index (Phi) is 3.57. The molecule has 0 atom stereocenters. The lowest BCUT2D eigenvalue weighted by Crippen LogP contribution is -2.26. The van der Waals surface area contributed by atoms with Crippen molar-refractivity contribution < 1.29 is 4.79 Å². The minimum absolute atomic E-state index is 0.120. The van der Waals surface area contributed by atoms with Gasteiger partial charge in [-0.1, -0.05) is 29.8 Å². The van der Waals surface area contributed by atoms with Gasteiger partial charge in [-0.15, -0.1) is 11.3 Å². The van der Waals surface area contributed by atoms with Gasteiger partial charge in [-0.3, -0.25) is 4.79 Å². The number of carbonyl (C=O) groups excluding carboxylic acids is 1. The van der Waals surface area contributed by atoms with Crippen LogP contribution in [-0.4, -0.2) is 16.9 Å². The zero-order valence-electron chi connectivity index (χ0n) is 11.8. The highest BCUT2D eigenvalue weighted by molar-refractivity contribution is 7.15. The summed E-state index contributed by atoms with van der Waals surface area (Å²) < 4.78 is 0. The van der Waals surface area contributed by atoms with Crippen LogP contribution in [0.5, 0.6) is 0 Å². The molecule has 1 N–H and O–H groups in total. The molecule has 0 saturated heterocycles. The van der Waals surface area contributed by atoms with Gasteiger partial charge < -0.3 is 5.32 Å². The van der Waals surface area contributed by atoms with Crippen molar-refractivity contribution in [3.05, 3.63) is 40.4 Å². The molecule has 0 unspecified atom stereocenters. The van der Waals surface area contributed by atoms with Crippen LogP contribution in [0.15, 0.2) is 24.3 Å². The zero-order chi connectivity index (χ0) is 14.1. The normalized spacial score (nSPS) is 14.3. The summed E-state index contributed by atoms with van der Waals surface area (Å²) in [6, 6.07) is 8.77. The molecular formula is C16H18N2OS. The van der Waals surface area contributed by atoms with E-state index in [1.165, 1.54) is 5.56 Å². The maximum atomic E-state index is 11.9. The number of nitrogens with zero attached hydrogens (tertiary/aromatic N) is 1. The summed E-state index contributed by atoms with van der Waals surface area (Å²) >= 11 is 1.62. The number of hydrogen-bond acceptors (Lipinski definition) is 3. The molecule has 1 aliphatic carbocycles. The topological polar surface area (TPSA) is 42.0 Å². The highest BCUT2D eigenvalue weighted by Crippen LogP contribution is 2.28. The first kappa shape index (κ1) is 13.3. The average molecular weight is 286 g/mol. The predicted octanol–water partition coefficient (Wildman–Crippen LogP) is 3.25. The van der Waals surface area contributed by atoms with E-state index in [9.17, 15) is 4.79 Å². The molecular weight excluding hydrogens is 268 g/mol. The van der Waals surface area contributed by atoms with Crippen molar-refractivity contribution in [1.29, 1.82) is 0 Å². The molecule has 1 aliphatic rings. The van der Waals surface area contributed by atoms with Crippen LogP contribution in [-0.2, 0) is 11.2 Å². The Morgan fingerprint density at radius 3 is 2.65 bits per heavy atom. The Balaban J connectivity index is 1.75. The van der Waals surface area contributed by atoms with Crippen molar-refractivity contribution in [2.45, 2.75) is 39.2 Å². The molecule has 3 rings (SSSR count). The van der Waals surface area contributed by atoms with Crippen LogP contribution in [0.25, 0.3) is 10.6 Å². The molecule has 1 fully saturated rings. The zero-order valence-corrected chi connectivity index (χ0v) is 12.6. The quantitative estimate of drug-likeness (QED) is 0.937. The molecule has 0 radical (unpaired) electrons. The maximum Gasteiger partial charge on any atom is 0.225 e. The number of benzene rings is 1. The highest BCUT2D eigenvalue weighted by Gasteiger charge is 2.24. The van der Waals surface area contributed by atoms with Crippen LogP contribution in [0.4, 0.5) is 0 Å². The van der Waals surface area contributed by atoms with Gasteiger partial charge in [0.1, 0.15) is 5.01 Å². The third-order valence-electron chi connectivity index (χ3n) is 3.45. The van der Waals surface area contributed by atoms with Gasteiger partial charge >= 0.3 is 0 Å². The van der Waals surface area contributed by atoms with Gasteiger partial charge in [-0.05, 0) is 26.7 Å². The summed E-state index contributed by atoms with van der Waals surface area (Å²) in [7, 11) is 0. The third kappa shape index (κ3) is 3.07. The van der Waals surface area contributed by atoms with Crippen LogP contribution >= 0.6 is 11.3 Å². The van der Waals surface area contributed by atoms with E-state index in [1.54, 1.807) is 11.3 Å². The van der Waals surface area contributed by atoms with Crippen molar-refractivity contribution in [3.63, 3.8) is 0 Å². The van der Waals surface area contributed by atoms with E-state index >= 15 is 0 Å². The monoisotopic (exact) mass is 286 g/mol. The number of thiazole rings is 1. The van der Waals surface area contributed by atoms with Gasteiger partial charge in [0.25, 0.3) is 0 Å². The number of aryl methyl sites for hydroxylation is 2. The molecule has 0 aliphatic heterocycles. The molecule has 1 aromatic carbocycles. The lowest BCUT2D eigenvalue weighted by Gasteiger charge is -2.01. The summed E-state index contributed by atoms with van der Waals surface area (Å²) in [4.78, 5) is 17.5. The van der Waals surface area contributed by atoms with Crippen molar-refractivity contribution >= 4 is 17.2 Å². The van der Waals surface area contributed by atoms with E-state index in [2.05, 4.69) is 41.5 Å². The lowest BCUT2D eigenvalue weighted by atomic mass is 10.2. The summed E-state index contributed by atoms with van der Waals surface area (Å²) in [6.07, 6.45) is 2.70. The van der Waals surface area contributed by atoms with E-state index in [-0.39, 0.29) is 5.91 Å². The summed E-state index contributed by atoms with van der Waals surface area (Å²) in [5, 5.41) is 4.02. The first-order valence-electron chi connectivity index (χ1n) is 6.94. The van der Waals surface area contributed by atoms with Crippen molar-refractivity contribution in [2.75, 3.05) is 0 Å². The molecule has 1 aromatic heterocycles. The molecule has 1 saturated carbocycles. The molecule has 0 bridgehead atoms. The number of hydrogen-bond donors (Lipinski definition) is 1. The van der Waals surface area contributed by atoms with Crippen molar-refractivity contribution in [3.8, 4) is 10.6 Å². The largest absolute Gasteiger partial charge is 0.353 e. The van der Waals surface area contributed by atoms with Crippen LogP contribution in [0.1, 0.15) is 29.0 Å². The van der Waals surface area contributed by atoms with Gasteiger partial charge in [0, 0.05) is 16.5 Å². The predicted molar refractivity (Wildman–Crippen MR) is 81.9 cm³/mol. The molecule has 20 heavy (non-hydrogen) atoms. The first-order chi connectivity index (χ1) is 9.61. The second-order valence-electron chi connectivity index (χ2n) is 5.41. The number of amides is 1. The standard InChI is InChI=1S/C16H18N2OS/c1-10-3-5-12(6-4-10)16-17-11(2)14(20-16)9-15(19)18-13-7-8-13/h3-6,13H,7-9H2,1-2H3,(H,18,19). The van der Waals surface area contributed by atoms with E-state index in [1.807, 2.05) is 6.92 Å². The minimum Gasteiger partial charge on any atom is -0.353 e. The van der Waals surface area contributed by atoms with Gasteiger partial charge in [0.15, 0.2) is 0 Å². The minimum atomic E-state index is 0.120. The Hall–Kier alpha value is -1.68. The Bertz CT molecular complexity index is 626. The molecule has 104 valence electrons. The Labute approximate surface area is 123 Å². The third-order valence-corrected chi connectivity index (χ3v) is 4.66. The summed E-state index contributed by atoms with van der Waals surface area (Å²) in [6.45, 7) is 4.05. The van der Waals surface area contributed by atoms with Crippen LogP contribution in [0.2, 0.25) is 0 Å². The maximum absolute atomic E-state index is 11.9. The van der Waals surface area contributed by atoms with Gasteiger partial charge in [-0.25, -0.2) is 4.98 Å². The van der Waals surface area contributed by atoms with Crippen LogP contribution in [0, 0.1) is 13.8 Å². The van der Waals surface area contributed by atoms with Crippen molar-refractivity contribution in [2.24, 2.45) is 0 Å². The van der Waals surface area contributed by atoms with Gasteiger partial charge in [0.2, 0.25) is 5.91 Å². The molecule has 2 aromatic rings. The molecule has 1 heterocycles. The fourth-order valence-corrected chi connectivity index (χ4v) is 3.13. The molecule has 0 spiro atoms. The second-order valence-corrected chi connectivity index (χ2v) is 6.50. The number of rotatable bonds is 4. The van der Waals surface area contributed by atoms with Gasteiger partial charge in [0.05, 0.1) is 12.1 Å². The first-order valence-corrected chi connectivity index (χ1v) is 7.76. The van der Waals surface area contributed by atoms with Gasteiger partial charge in [-0.2, -0.15) is 0 Å². The van der Waals surface area contributed by atoms with E-state index in [0.717, 1.165) is 34.0 Å². The summed E-state index contributed by atoms with van der Waals surface area (Å²) in [5.74, 6) is 0.120. The van der Waals surface area contributed by atoms with E-state index in [4.69, 9.17) is 0 Å². The Morgan fingerprint density at radius 2 is 2.00 bits per heavy atom. The number of nitrogens with one attached hydrogen (secondary N) is 1. The fourth-order valence-electron chi connectivity index (χ4n) is 2.06. The lowest BCUT2D eigenvalue weighted by molar-refractivity contribution is -0.120. The number of carbonyl (C=O) groups is 1. The van der Waals surface area contributed by atoms with Crippen molar-refractivity contribution in [1.82, 2.24) is 10.3 Å². The Morgan fingerprint density at radius 1 is 1.30 bits per heavy atom. The second kappa shape index (κ2) is 5.37. The molecule has 3 nitrogen and oxygen atoms in total. The van der Waals surface area contributed by atoms with Crippen LogP contribution < -0.4 is 5.32 Å². The van der Waals surface area contributed by atoms with E-state index < -0.39 is 0 Å². The molecule has 1 amide bonds. The molecule has 4 heteroatoms. The number of aromatic nitrogens is 1. The fraction of sp³-hybridized carbons (Fsp3) is 0.375. The smallest absolute Gasteiger partial charge is 0.225 e. The summed E-state index contributed by atoms with van der Waals surface area (Å²) in [5.41, 5.74) is 3.33. The van der Waals surface area contributed by atoms with Crippen LogP contribution in [0.3, 0.4) is 0 Å². The van der Waals surface area contributed by atoms with E-state index in [0.29, 0.717) is 12.5 Å².